The minimum atomic E-state index is -0.362. The molecule has 0 amide bonds. The van der Waals surface area contributed by atoms with Crippen molar-refractivity contribution >= 4 is 0 Å². The largest absolute Gasteiger partial charge is 0.337 e. The predicted molar refractivity (Wildman–Crippen MR) is 82.8 cm³/mol. The summed E-state index contributed by atoms with van der Waals surface area (Å²) in [5.41, 5.74) is 6.13. The van der Waals surface area contributed by atoms with Gasteiger partial charge in [-0.15, -0.1) is 0 Å². The maximum atomic E-state index is 6.49. The van der Waals surface area contributed by atoms with E-state index >= 15 is 0 Å². The minimum absolute atomic E-state index is 0.362. The molecule has 0 saturated heterocycles. The first-order valence-electron chi connectivity index (χ1n) is 8.71. The van der Waals surface area contributed by atoms with Gasteiger partial charge in [0.15, 0.2) is 5.82 Å². The van der Waals surface area contributed by atoms with Crippen LogP contribution in [0.2, 0.25) is 0 Å². The second-order valence-electron chi connectivity index (χ2n) is 7.53. The second-order valence-corrected chi connectivity index (χ2v) is 7.53. The Kier molecular flexibility index (Phi) is 4.34. The van der Waals surface area contributed by atoms with Crippen LogP contribution in [-0.2, 0) is 5.54 Å². The molecule has 0 unspecified atom stereocenters. The molecule has 2 fully saturated rings. The molecule has 0 aliphatic heterocycles. The van der Waals surface area contributed by atoms with Crippen LogP contribution in [0, 0.1) is 11.8 Å². The van der Waals surface area contributed by atoms with Gasteiger partial charge in [0, 0.05) is 5.92 Å². The molecule has 0 radical (unpaired) electrons. The third-order valence-corrected chi connectivity index (χ3v) is 5.69. The third-order valence-electron chi connectivity index (χ3n) is 5.69. The Hall–Kier alpha value is -0.900. The van der Waals surface area contributed by atoms with Crippen molar-refractivity contribution in [3.05, 3.63) is 11.7 Å². The summed E-state index contributed by atoms with van der Waals surface area (Å²) >= 11 is 0. The first kappa shape index (κ1) is 15.0. The highest BCUT2D eigenvalue weighted by Gasteiger charge is 2.36. The molecule has 118 valence electrons. The van der Waals surface area contributed by atoms with Crippen molar-refractivity contribution in [3.63, 3.8) is 0 Å². The zero-order valence-corrected chi connectivity index (χ0v) is 13.5. The van der Waals surface area contributed by atoms with Gasteiger partial charge in [0.25, 0.3) is 0 Å². The Balaban J connectivity index is 1.65. The third kappa shape index (κ3) is 3.15. The Morgan fingerprint density at radius 3 is 2.38 bits per heavy atom. The van der Waals surface area contributed by atoms with Crippen LogP contribution in [0.1, 0.15) is 89.3 Å². The number of hydrogen-bond acceptors (Lipinski definition) is 4. The van der Waals surface area contributed by atoms with Crippen LogP contribution in [-0.4, -0.2) is 10.1 Å². The van der Waals surface area contributed by atoms with Crippen LogP contribution in [0.4, 0.5) is 0 Å². The van der Waals surface area contributed by atoms with Gasteiger partial charge >= 0.3 is 0 Å². The minimum Gasteiger partial charge on any atom is -0.337 e. The number of aromatic nitrogens is 2. The molecule has 0 aromatic carbocycles. The molecule has 0 atom stereocenters. The van der Waals surface area contributed by atoms with Crippen molar-refractivity contribution < 1.29 is 4.52 Å². The lowest BCUT2D eigenvalue weighted by Crippen LogP contribution is -2.39. The first-order valence-corrected chi connectivity index (χ1v) is 8.71. The van der Waals surface area contributed by atoms with Crippen LogP contribution in [0.3, 0.4) is 0 Å². The summed E-state index contributed by atoms with van der Waals surface area (Å²) in [6.45, 7) is 4.66. The molecule has 1 aromatic heterocycles. The van der Waals surface area contributed by atoms with Crippen LogP contribution in [0.15, 0.2) is 4.52 Å². The molecular formula is C17H29N3O. The molecule has 2 saturated carbocycles. The SMILES string of the molecule is CC(C)C1CCC(c2noc(C3(N)CCCCC3)n2)CC1. The molecule has 4 nitrogen and oxygen atoms in total. The van der Waals surface area contributed by atoms with Gasteiger partial charge in [0.1, 0.15) is 0 Å². The number of nitrogens with zero attached hydrogens (tertiary/aromatic N) is 2. The van der Waals surface area contributed by atoms with Gasteiger partial charge in [-0.1, -0.05) is 38.3 Å². The summed E-state index contributed by atoms with van der Waals surface area (Å²) in [5.74, 6) is 3.73. The van der Waals surface area contributed by atoms with Gasteiger partial charge in [-0.05, 0) is 50.4 Å². The van der Waals surface area contributed by atoms with E-state index in [0.29, 0.717) is 11.8 Å². The lowest BCUT2D eigenvalue weighted by Gasteiger charge is -2.30. The van der Waals surface area contributed by atoms with Gasteiger partial charge in [0.05, 0.1) is 5.54 Å². The van der Waals surface area contributed by atoms with Gasteiger partial charge in [-0.2, -0.15) is 4.98 Å². The normalized spacial score (nSPS) is 29.7. The molecule has 1 aromatic rings. The summed E-state index contributed by atoms with van der Waals surface area (Å²) < 4.78 is 5.55. The predicted octanol–water partition coefficient (Wildman–Crippen LogP) is 4.12. The average Bonchev–Trinajstić information content (AvgIpc) is 2.99. The van der Waals surface area contributed by atoms with E-state index in [1.807, 2.05) is 0 Å². The number of hydrogen-bond donors (Lipinski definition) is 1. The summed E-state index contributed by atoms with van der Waals surface area (Å²) in [7, 11) is 0. The lowest BCUT2D eigenvalue weighted by molar-refractivity contribution is 0.218. The monoisotopic (exact) mass is 291 g/mol. The van der Waals surface area contributed by atoms with E-state index < -0.39 is 0 Å². The van der Waals surface area contributed by atoms with Crippen molar-refractivity contribution in [2.24, 2.45) is 17.6 Å². The van der Waals surface area contributed by atoms with Crippen molar-refractivity contribution in [2.75, 3.05) is 0 Å². The Labute approximate surface area is 127 Å². The van der Waals surface area contributed by atoms with Crippen molar-refractivity contribution in [3.8, 4) is 0 Å². The molecule has 0 bridgehead atoms. The van der Waals surface area contributed by atoms with Crippen LogP contribution in [0.5, 0.6) is 0 Å². The Morgan fingerprint density at radius 2 is 1.76 bits per heavy atom. The topological polar surface area (TPSA) is 64.9 Å². The molecule has 2 N–H and O–H groups in total. The van der Waals surface area contributed by atoms with Gasteiger partial charge in [0.2, 0.25) is 5.89 Å². The zero-order chi connectivity index (χ0) is 14.9. The van der Waals surface area contributed by atoms with Crippen molar-refractivity contribution in [2.45, 2.75) is 83.1 Å². The van der Waals surface area contributed by atoms with E-state index in [1.54, 1.807) is 0 Å². The molecule has 2 aliphatic carbocycles. The van der Waals surface area contributed by atoms with Gasteiger partial charge < -0.3 is 10.3 Å². The second kappa shape index (κ2) is 6.07. The van der Waals surface area contributed by atoms with Gasteiger partial charge in [-0.25, -0.2) is 0 Å². The molecule has 2 aliphatic rings. The van der Waals surface area contributed by atoms with E-state index in [1.165, 1.54) is 44.9 Å². The molecule has 0 spiro atoms. The fourth-order valence-corrected chi connectivity index (χ4v) is 4.04. The standard InChI is InChI=1S/C17H29N3O/c1-12(2)13-6-8-14(9-7-13)15-19-16(21-20-15)17(18)10-4-3-5-11-17/h12-14H,3-11,18H2,1-2H3. The summed E-state index contributed by atoms with van der Waals surface area (Å²) in [6.07, 6.45) is 10.6. The maximum absolute atomic E-state index is 6.49. The smallest absolute Gasteiger partial charge is 0.246 e. The van der Waals surface area contributed by atoms with E-state index in [0.717, 1.165) is 30.5 Å². The highest BCUT2D eigenvalue weighted by molar-refractivity contribution is 5.06. The fraction of sp³-hybridized carbons (Fsp3) is 0.882. The van der Waals surface area contributed by atoms with E-state index in [-0.39, 0.29) is 5.54 Å². The van der Waals surface area contributed by atoms with Crippen LogP contribution in [0.25, 0.3) is 0 Å². The molecule has 4 heteroatoms. The zero-order valence-electron chi connectivity index (χ0n) is 13.5. The molecule has 3 rings (SSSR count). The maximum Gasteiger partial charge on any atom is 0.246 e. The first-order chi connectivity index (χ1) is 10.1. The Morgan fingerprint density at radius 1 is 1.10 bits per heavy atom. The molecular weight excluding hydrogens is 262 g/mol. The molecule has 1 heterocycles. The lowest BCUT2D eigenvalue weighted by atomic mass is 9.77. The highest BCUT2D eigenvalue weighted by atomic mass is 16.5. The quantitative estimate of drug-likeness (QED) is 0.910. The van der Waals surface area contributed by atoms with Crippen LogP contribution >= 0.6 is 0 Å². The Bertz CT molecular complexity index is 454. The summed E-state index contributed by atoms with van der Waals surface area (Å²) in [6, 6.07) is 0. The van der Waals surface area contributed by atoms with E-state index in [4.69, 9.17) is 15.2 Å². The average molecular weight is 291 g/mol. The van der Waals surface area contributed by atoms with E-state index in [9.17, 15) is 0 Å². The summed E-state index contributed by atoms with van der Waals surface area (Å²) in [4.78, 5) is 4.70. The number of nitrogens with two attached hydrogens (primary N) is 1. The van der Waals surface area contributed by atoms with Crippen molar-refractivity contribution in [1.82, 2.24) is 10.1 Å². The highest BCUT2D eigenvalue weighted by Crippen LogP contribution is 2.39. The van der Waals surface area contributed by atoms with Crippen molar-refractivity contribution in [1.29, 1.82) is 0 Å². The fourth-order valence-electron chi connectivity index (χ4n) is 4.04. The van der Waals surface area contributed by atoms with E-state index in [2.05, 4.69) is 19.0 Å². The van der Waals surface area contributed by atoms with Crippen LogP contribution < -0.4 is 5.73 Å². The number of rotatable bonds is 3. The summed E-state index contributed by atoms with van der Waals surface area (Å²) in [5, 5.41) is 4.26. The van der Waals surface area contributed by atoms with Gasteiger partial charge in [-0.3, -0.25) is 0 Å². The molecule has 21 heavy (non-hydrogen) atoms.